The molecule has 2 atom stereocenters. The van der Waals surface area contributed by atoms with E-state index in [1.807, 2.05) is 20.8 Å². The summed E-state index contributed by atoms with van der Waals surface area (Å²) in [5.41, 5.74) is -0.408. The Morgan fingerprint density at radius 2 is 1.69 bits per heavy atom. The van der Waals surface area contributed by atoms with Gasteiger partial charge in [0.1, 0.15) is 5.60 Å². The molecule has 0 saturated carbocycles. The maximum Gasteiger partial charge on any atom is 0.410 e. The lowest BCUT2D eigenvalue weighted by atomic mass is 10.1. The van der Waals surface area contributed by atoms with Gasteiger partial charge < -0.3 is 15.0 Å². The molecule has 1 saturated heterocycles. The van der Waals surface area contributed by atoms with Crippen LogP contribution in [0, 0.1) is 0 Å². The molecular formula is C11H23ClN2O2. The van der Waals surface area contributed by atoms with Gasteiger partial charge in [-0.25, -0.2) is 4.79 Å². The van der Waals surface area contributed by atoms with Gasteiger partial charge in [-0.2, -0.15) is 0 Å². The maximum absolute atomic E-state index is 11.8. The lowest BCUT2D eigenvalue weighted by Crippen LogP contribution is -2.56. The van der Waals surface area contributed by atoms with Gasteiger partial charge >= 0.3 is 6.09 Å². The molecule has 1 N–H and O–H groups in total. The highest BCUT2D eigenvalue weighted by Gasteiger charge is 2.28. The van der Waals surface area contributed by atoms with Crippen LogP contribution in [0.25, 0.3) is 0 Å². The summed E-state index contributed by atoms with van der Waals surface area (Å²) in [6.45, 7) is 11.3. The topological polar surface area (TPSA) is 41.6 Å². The molecule has 1 aliphatic heterocycles. The minimum absolute atomic E-state index is 0. The molecule has 5 heteroatoms. The summed E-state index contributed by atoms with van der Waals surface area (Å²) >= 11 is 0. The zero-order valence-electron chi connectivity index (χ0n) is 10.7. The number of hydrogen-bond acceptors (Lipinski definition) is 3. The molecule has 0 aromatic rings. The van der Waals surface area contributed by atoms with Crippen molar-refractivity contribution in [1.29, 1.82) is 0 Å². The number of ether oxygens (including phenoxy) is 1. The van der Waals surface area contributed by atoms with E-state index in [1.54, 1.807) is 4.90 Å². The number of halogens is 1. The molecule has 1 rings (SSSR count). The molecule has 96 valence electrons. The summed E-state index contributed by atoms with van der Waals surface area (Å²) in [6.07, 6.45) is -0.206. The van der Waals surface area contributed by atoms with Crippen LogP contribution in [0.5, 0.6) is 0 Å². The molecule has 1 amide bonds. The van der Waals surface area contributed by atoms with Crippen LogP contribution in [-0.4, -0.2) is 41.8 Å². The van der Waals surface area contributed by atoms with Crippen molar-refractivity contribution in [3.05, 3.63) is 0 Å². The van der Waals surface area contributed by atoms with Crippen molar-refractivity contribution < 1.29 is 9.53 Å². The molecule has 0 unspecified atom stereocenters. The first-order chi connectivity index (χ1) is 6.78. The van der Waals surface area contributed by atoms with Gasteiger partial charge in [0.05, 0.1) is 0 Å². The number of carbonyl (C=O) groups excluding carboxylic acids is 1. The average molecular weight is 251 g/mol. The molecule has 0 aromatic carbocycles. The third-order valence-corrected chi connectivity index (χ3v) is 2.21. The van der Waals surface area contributed by atoms with Crippen LogP contribution in [0.3, 0.4) is 0 Å². The van der Waals surface area contributed by atoms with E-state index >= 15 is 0 Å². The van der Waals surface area contributed by atoms with Crippen molar-refractivity contribution in [2.24, 2.45) is 0 Å². The third kappa shape index (κ3) is 5.03. The highest BCUT2D eigenvalue weighted by molar-refractivity contribution is 5.85. The van der Waals surface area contributed by atoms with E-state index in [1.165, 1.54) is 0 Å². The number of nitrogens with one attached hydrogen (secondary N) is 1. The molecule has 1 heterocycles. The van der Waals surface area contributed by atoms with E-state index < -0.39 is 5.60 Å². The number of hydrogen-bond donors (Lipinski definition) is 1. The van der Waals surface area contributed by atoms with Gasteiger partial charge in [0, 0.05) is 25.2 Å². The second kappa shape index (κ2) is 5.73. The van der Waals surface area contributed by atoms with E-state index in [0.29, 0.717) is 12.1 Å². The summed E-state index contributed by atoms with van der Waals surface area (Å²) in [7, 11) is 0. The Kier molecular flexibility index (Phi) is 5.56. The SMILES string of the molecule is C[C@H]1CN(C(=O)OC(C)(C)C)C[C@H](C)N1.Cl. The number of rotatable bonds is 0. The fourth-order valence-electron chi connectivity index (χ4n) is 1.80. The number of nitrogens with zero attached hydrogens (tertiary/aromatic N) is 1. The van der Waals surface area contributed by atoms with Crippen LogP contribution in [0.4, 0.5) is 4.79 Å². The molecule has 1 aliphatic rings. The van der Waals surface area contributed by atoms with Gasteiger partial charge in [-0.15, -0.1) is 12.4 Å². The lowest BCUT2D eigenvalue weighted by Gasteiger charge is -2.36. The van der Waals surface area contributed by atoms with Gasteiger partial charge in [-0.05, 0) is 34.6 Å². The van der Waals surface area contributed by atoms with Gasteiger partial charge in [-0.1, -0.05) is 0 Å². The van der Waals surface area contributed by atoms with Gasteiger partial charge in [0.2, 0.25) is 0 Å². The summed E-state index contributed by atoms with van der Waals surface area (Å²) in [5, 5.41) is 3.38. The minimum atomic E-state index is -0.408. The quantitative estimate of drug-likeness (QED) is 0.715. The zero-order valence-corrected chi connectivity index (χ0v) is 11.6. The van der Waals surface area contributed by atoms with Crippen LogP contribution < -0.4 is 5.32 Å². The van der Waals surface area contributed by atoms with Crippen LogP contribution in [0.2, 0.25) is 0 Å². The van der Waals surface area contributed by atoms with Crippen molar-refractivity contribution in [3.63, 3.8) is 0 Å². The molecule has 0 aliphatic carbocycles. The number of carbonyl (C=O) groups is 1. The summed E-state index contributed by atoms with van der Waals surface area (Å²) < 4.78 is 5.33. The Morgan fingerprint density at radius 1 is 1.25 bits per heavy atom. The lowest BCUT2D eigenvalue weighted by molar-refractivity contribution is 0.0167. The van der Waals surface area contributed by atoms with Crippen molar-refractivity contribution in [2.45, 2.75) is 52.3 Å². The van der Waals surface area contributed by atoms with E-state index in [9.17, 15) is 4.79 Å². The predicted octanol–water partition coefficient (Wildman–Crippen LogP) is 2.03. The second-order valence-electron chi connectivity index (χ2n) is 5.35. The standard InChI is InChI=1S/C11H22N2O2.ClH/c1-8-6-13(7-9(2)12-8)10(14)15-11(3,4)5;/h8-9,12H,6-7H2,1-5H3;1H/t8-,9-;/m0./s1. The van der Waals surface area contributed by atoms with Gasteiger partial charge in [0.15, 0.2) is 0 Å². The normalized spacial score (nSPS) is 25.9. The summed E-state index contributed by atoms with van der Waals surface area (Å²) in [4.78, 5) is 13.6. The van der Waals surface area contributed by atoms with Crippen molar-refractivity contribution in [1.82, 2.24) is 10.2 Å². The molecule has 1 fully saturated rings. The number of amides is 1. The number of piperazine rings is 1. The van der Waals surface area contributed by atoms with Crippen LogP contribution in [0.1, 0.15) is 34.6 Å². The molecule has 0 spiro atoms. The molecule has 0 aromatic heterocycles. The summed E-state index contributed by atoms with van der Waals surface area (Å²) in [5.74, 6) is 0. The Labute approximate surface area is 104 Å². The Morgan fingerprint density at radius 3 is 2.06 bits per heavy atom. The van der Waals surface area contributed by atoms with E-state index in [0.717, 1.165) is 13.1 Å². The monoisotopic (exact) mass is 250 g/mol. The van der Waals surface area contributed by atoms with Crippen LogP contribution in [-0.2, 0) is 4.74 Å². The van der Waals surface area contributed by atoms with Gasteiger partial charge in [0.25, 0.3) is 0 Å². The Bertz CT molecular complexity index is 231. The average Bonchev–Trinajstić information content (AvgIpc) is 1.98. The largest absolute Gasteiger partial charge is 0.444 e. The zero-order chi connectivity index (χ0) is 11.6. The van der Waals surface area contributed by atoms with Crippen LogP contribution in [0.15, 0.2) is 0 Å². The first-order valence-electron chi connectivity index (χ1n) is 5.52. The van der Waals surface area contributed by atoms with E-state index in [-0.39, 0.29) is 18.5 Å². The van der Waals surface area contributed by atoms with E-state index in [4.69, 9.17) is 4.74 Å². The minimum Gasteiger partial charge on any atom is -0.444 e. The van der Waals surface area contributed by atoms with Crippen molar-refractivity contribution in [2.75, 3.05) is 13.1 Å². The fraction of sp³-hybridized carbons (Fsp3) is 0.909. The van der Waals surface area contributed by atoms with Crippen molar-refractivity contribution >= 4 is 18.5 Å². The van der Waals surface area contributed by atoms with Crippen molar-refractivity contribution in [3.8, 4) is 0 Å². The second-order valence-corrected chi connectivity index (χ2v) is 5.35. The Balaban J connectivity index is 0.00000225. The predicted molar refractivity (Wildman–Crippen MR) is 67.1 cm³/mol. The molecular weight excluding hydrogens is 228 g/mol. The van der Waals surface area contributed by atoms with Crippen LogP contribution >= 0.6 is 12.4 Å². The van der Waals surface area contributed by atoms with Gasteiger partial charge in [-0.3, -0.25) is 0 Å². The first-order valence-corrected chi connectivity index (χ1v) is 5.52. The molecule has 0 radical (unpaired) electrons. The molecule has 4 nitrogen and oxygen atoms in total. The third-order valence-electron chi connectivity index (χ3n) is 2.21. The smallest absolute Gasteiger partial charge is 0.410 e. The first kappa shape index (κ1) is 15.5. The summed E-state index contributed by atoms with van der Waals surface area (Å²) in [6, 6.07) is 0.669. The highest BCUT2D eigenvalue weighted by Crippen LogP contribution is 2.12. The maximum atomic E-state index is 11.8. The molecule has 0 bridgehead atoms. The highest BCUT2D eigenvalue weighted by atomic mass is 35.5. The Hall–Kier alpha value is -0.480. The fourth-order valence-corrected chi connectivity index (χ4v) is 1.80. The van der Waals surface area contributed by atoms with E-state index in [2.05, 4.69) is 19.2 Å². The molecule has 16 heavy (non-hydrogen) atoms.